The van der Waals surface area contributed by atoms with Gasteiger partial charge in [0.1, 0.15) is 0 Å². The van der Waals surface area contributed by atoms with Gasteiger partial charge < -0.3 is 10.4 Å². The second-order valence-corrected chi connectivity index (χ2v) is 4.24. The fraction of sp³-hybridized carbons (Fsp3) is 0.600. The van der Waals surface area contributed by atoms with Crippen LogP contribution in [0, 0.1) is 0 Å². The number of aliphatic hydroxyl groups excluding tert-OH is 1. The Balaban J connectivity index is 4.62. The molecule has 0 atom stereocenters. The summed E-state index contributed by atoms with van der Waals surface area (Å²) in [5.74, 6) is -3.26. The SMILES string of the molecule is CC(=O)NC(C)(C)CC(=O)/C=C(\O)C(F)(F)F. The van der Waals surface area contributed by atoms with Crippen LogP contribution in [-0.2, 0) is 9.59 Å². The maximum absolute atomic E-state index is 11.9. The van der Waals surface area contributed by atoms with Crippen LogP contribution in [0.2, 0.25) is 0 Å². The van der Waals surface area contributed by atoms with Crippen molar-refractivity contribution in [2.75, 3.05) is 0 Å². The van der Waals surface area contributed by atoms with E-state index in [9.17, 15) is 22.8 Å². The number of aliphatic hydroxyl groups is 1. The minimum absolute atomic E-state index is 0.115. The lowest BCUT2D eigenvalue weighted by Gasteiger charge is -2.24. The Kier molecular flexibility index (Phi) is 4.73. The molecule has 0 saturated carbocycles. The zero-order valence-corrected chi connectivity index (χ0v) is 9.68. The number of ketones is 1. The van der Waals surface area contributed by atoms with E-state index >= 15 is 0 Å². The third kappa shape index (κ3) is 6.60. The summed E-state index contributed by atoms with van der Waals surface area (Å²) >= 11 is 0. The maximum atomic E-state index is 11.9. The summed E-state index contributed by atoms with van der Waals surface area (Å²) < 4.78 is 35.7. The first-order valence-corrected chi connectivity index (χ1v) is 4.73. The Morgan fingerprint density at radius 1 is 1.29 bits per heavy atom. The second kappa shape index (κ2) is 5.20. The highest BCUT2D eigenvalue weighted by Gasteiger charge is 2.35. The number of allylic oxidation sites excluding steroid dienone is 2. The van der Waals surface area contributed by atoms with Crippen molar-refractivity contribution >= 4 is 11.7 Å². The largest absolute Gasteiger partial charge is 0.504 e. The highest BCUT2D eigenvalue weighted by molar-refractivity contribution is 5.91. The van der Waals surface area contributed by atoms with Gasteiger partial charge in [-0.3, -0.25) is 9.59 Å². The molecule has 0 aliphatic carbocycles. The maximum Gasteiger partial charge on any atom is 0.448 e. The van der Waals surface area contributed by atoms with Crippen LogP contribution in [0.25, 0.3) is 0 Å². The molecule has 0 unspecified atom stereocenters. The summed E-state index contributed by atoms with van der Waals surface area (Å²) in [5, 5.41) is 11.0. The van der Waals surface area contributed by atoms with Crippen LogP contribution in [-0.4, -0.2) is 28.5 Å². The summed E-state index contributed by atoms with van der Waals surface area (Å²) in [6.45, 7) is 4.21. The van der Waals surface area contributed by atoms with E-state index in [4.69, 9.17) is 5.11 Å². The smallest absolute Gasteiger partial charge is 0.448 e. The van der Waals surface area contributed by atoms with Crippen LogP contribution in [0.4, 0.5) is 13.2 Å². The van der Waals surface area contributed by atoms with E-state index in [0.29, 0.717) is 0 Å². The molecular formula is C10H14F3NO3. The van der Waals surface area contributed by atoms with Crippen LogP contribution in [0.15, 0.2) is 11.8 Å². The fourth-order valence-electron chi connectivity index (χ4n) is 1.24. The first-order chi connectivity index (χ1) is 7.44. The summed E-state index contributed by atoms with van der Waals surface area (Å²) in [6.07, 6.45) is -5.16. The Hall–Kier alpha value is -1.53. The number of halogens is 3. The average Bonchev–Trinajstić information content (AvgIpc) is 1.96. The van der Waals surface area contributed by atoms with Gasteiger partial charge in [-0.15, -0.1) is 0 Å². The van der Waals surface area contributed by atoms with Gasteiger partial charge in [0.15, 0.2) is 5.78 Å². The van der Waals surface area contributed by atoms with Gasteiger partial charge in [0.25, 0.3) is 0 Å². The van der Waals surface area contributed by atoms with Gasteiger partial charge in [0.2, 0.25) is 11.7 Å². The van der Waals surface area contributed by atoms with Crippen molar-refractivity contribution in [3.05, 3.63) is 11.8 Å². The van der Waals surface area contributed by atoms with E-state index in [1.165, 1.54) is 20.8 Å². The van der Waals surface area contributed by atoms with Crippen LogP contribution in [0.3, 0.4) is 0 Å². The van der Waals surface area contributed by atoms with Crippen molar-refractivity contribution in [3.8, 4) is 0 Å². The number of carbonyl (C=O) groups is 2. The monoisotopic (exact) mass is 253 g/mol. The highest BCUT2D eigenvalue weighted by Crippen LogP contribution is 2.23. The Morgan fingerprint density at radius 3 is 2.12 bits per heavy atom. The molecule has 0 aliphatic heterocycles. The molecule has 98 valence electrons. The van der Waals surface area contributed by atoms with Crippen LogP contribution in [0.1, 0.15) is 27.2 Å². The fourth-order valence-corrected chi connectivity index (χ4v) is 1.24. The van der Waals surface area contributed by atoms with Gasteiger partial charge in [-0.05, 0) is 13.8 Å². The van der Waals surface area contributed by atoms with E-state index in [-0.39, 0.29) is 12.5 Å². The Labute approximate surface area is 96.5 Å². The molecule has 0 aromatic carbocycles. The number of amides is 1. The molecule has 0 rings (SSSR count). The van der Waals surface area contributed by atoms with Crippen molar-refractivity contribution in [1.82, 2.24) is 5.32 Å². The number of alkyl halides is 3. The van der Waals surface area contributed by atoms with Gasteiger partial charge in [-0.2, -0.15) is 13.2 Å². The lowest BCUT2D eigenvalue weighted by Crippen LogP contribution is -2.43. The number of nitrogens with one attached hydrogen (secondary N) is 1. The predicted octanol–water partition coefficient (Wildman–Crippen LogP) is 1.86. The molecule has 0 saturated heterocycles. The van der Waals surface area contributed by atoms with E-state index in [2.05, 4.69) is 5.32 Å². The summed E-state index contributed by atoms with van der Waals surface area (Å²) in [4.78, 5) is 22.0. The average molecular weight is 253 g/mol. The van der Waals surface area contributed by atoms with E-state index < -0.39 is 29.2 Å². The summed E-state index contributed by atoms with van der Waals surface area (Å²) in [5.41, 5.74) is -0.967. The van der Waals surface area contributed by atoms with Gasteiger partial charge >= 0.3 is 6.18 Å². The van der Waals surface area contributed by atoms with Crippen molar-refractivity contribution in [2.24, 2.45) is 0 Å². The van der Waals surface area contributed by atoms with Gasteiger partial charge in [0, 0.05) is 25.0 Å². The number of hydrogen-bond donors (Lipinski definition) is 2. The topological polar surface area (TPSA) is 66.4 Å². The Bertz CT molecular complexity index is 345. The van der Waals surface area contributed by atoms with Crippen molar-refractivity contribution < 1.29 is 27.9 Å². The third-order valence-corrected chi connectivity index (χ3v) is 1.72. The van der Waals surface area contributed by atoms with E-state index in [0.717, 1.165) is 0 Å². The van der Waals surface area contributed by atoms with Crippen LogP contribution in [0.5, 0.6) is 0 Å². The molecule has 0 heterocycles. The number of carbonyl (C=O) groups excluding carboxylic acids is 2. The van der Waals surface area contributed by atoms with Crippen molar-refractivity contribution in [1.29, 1.82) is 0 Å². The molecule has 0 aliphatic rings. The predicted molar refractivity (Wildman–Crippen MR) is 54.3 cm³/mol. The van der Waals surface area contributed by atoms with Crippen molar-refractivity contribution in [2.45, 2.75) is 38.9 Å². The van der Waals surface area contributed by atoms with Crippen molar-refractivity contribution in [3.63, 3.8) is 0 Å². The minimum Gasteiger partial charge on any atom is -0.504 e. The number of hydrogen-bond acceptors (Lipinski definition) is 3. The first kappa shape index (κ1) is 15.5. The molecule has 1 amide bonds. The van der Waals surface area contributed by atoms with E-state index in [1.54, 1.807) is 0 Å². The summed E-state index contributed by atoms with van der Waals surface area (Å²) in [6, 6.07) is 0. The minimum atomic E-state index is -4.94. The van der Waals surface area contributed by atoms with Crippen LogP contribution < -0.4 is 5.32 Å². The molecule has 0 spiro atoms. The highest BCUT2D eigenvalue weighted by atomic mass is 19.4. The normalized spacial score (nSPS) is 13.4. The van der Waals surface area contributed by atoms with Gasteiger partial charge in [0.05, 0.1) is 0 Å². The Morgan fingerprint density at radius 2 is 1.76 bits per heavy atom. The lowest BCUT2D eigenvalue weighted by molar-refractivity contribution is -0.126. The molecule has 0 aromatic rings. The molecule has 2 N–H and O–H groups in total. The zero-order chi connectivity index (χ0) is 13.9. The standard InChI is InChI=1S/C10H14F3NO3/c1-6(15)14-9(2,3)5-7(16)4-8(17)10(11,12)13/h4,17H,5H2,1-3H3,(H,14,15)/b8-4-. The summed E-state index contributed by atoms with van der Waals surface area (Å²) in [7, 11) is 0. The first-order valence-electron chi connectivity index (χ1n) is 4.73. The molecular weight excluding hydrogens is 239 g/mol. The second-order valence-electron chi connectivity index (χ2n) is 4.24. The molecule has 0 aromatic heterocycles. The van der Waals surface area contributed by atoms with Gasteiger partial charge in [-0.1, -0.05) is 0 Å². The lowest BCUT2D eigenvalue weighted by atomic mass is 9.97. The zero-order valence-electron chi connectivity index (χ0n) is 9.68. The molecule has 0 bridgehead atoms. The quantitative estimate of drug-likeness (QED) is 0.593. The molecule has 0 radical (unpaired) electrons. The number of rotatable bonds is 4. The van der Waals surface area contributed by atoms with E-state index in [1.807, 2.05) is 0 Å². The van der Waals surface area contributed by atoms with Gasteiger partial charge in [-0.25, -0.2) is 0 Å². The molecule has 17 heavy (non-hydrogen) atoms. The third-order valence-electron chi connectivity index (χ3n) is 1.72. The molecule has 7 heteroatoms. The molecule has 0 fully saturated rings. The molecule has 4 nitrogen and oxygen atoms in total. The van der Waals surface area contributed by atoms with Crippen LogP contribution >= 0.6 is 0 Å².